The average molecular weight is 303 g/mol. The third-order valence-electron chi connectivity index (χ3n) is 2.06. The number of nitrogens with two attached hydrogens (primary N) is 1. The lowest BCUT2D eigenvalue weighted by atomic mass is 10.4. The molecule has 2 heterocycles. The summed E-state index contributed by atoms with van der Waals surface area (Å²) in [6, 6.07) is 0. The van der Waals surface area contributed by atoms with Gasteiger partial charge in [-0.15, -0.1) is 0 Å². The lowest BCUT2D eigenvalue weighted by Gasteiger charge is -2.05. The van der Waals surface area contributed by atoms with Gasteiger partial charge in [-0.2, -0.15) is 5.10 Å². The number of halogens is 1. The number of hydrogen-bond donors (Lipinski definition) is 1. The highest BCUT2D eigenvalue weighted by Gasteiger charge is 2.13. The minimum atomic E-state index is 0.557. The number of thiazole rings is 1. The van der Waals surface area contributed by atoms with Crippen molar-refractivity contribution in [1.82, 2.24) is 14.8 Å². The maximum absolute atomic E-state index is 5.62. The first kappa shape index (κ1) is 11.6. The smallest absolute Gasteiger partial charge is 0.180 e. The number of anilines is 1. The van der Waals surface area contributed by atoms with Crippen LogP contribution in [0.4, 0.5) is 5.13 Å². The largest absolute Gasteiger partial charge is 0.383 e. The van der Waals surface area contributed by atoms with Crippen molar-refractivity contribution in [3.8, 4) is 10.6 Å². The summed E-state index contributed by atoms with van der Waals surface area (Å²) < 4.78 is 7.85. The van der Waals surface area contributed by atoms with Crippen LogP contribution in [0.1, 0.15) is 0 Å². The topological polar surface area (TPSA) is 66.0 Å². The quantitative estimate of drug-likeness (QED) is 0.938. The number of nitrogens with zero attached hydrogens (tertiary/aromatic N) is 3. The van der Waals surface area contributed by atoms with E-state index in [0.29, 0.717) is 18.3 Å². The molecule has 0 radical (unpaired) electrons. The first-order chi connectivity index (χ1) is 7.72. The van der Waals surface area contributed by atoms with Crippen molar-refractivity contribution in [3.05, 3.63) is 16.9 Å². The van der Waals surface area contributed by atoms with Crippen molar-refractivity contribution in [2.45, 2.75) is 6.54 Å². The molecule has 0 aromatic carbocycles. The molecule has 86 valence electrons. The number of hydrogen-bond acceptors (Lipinski definition) is 5. The number of nitrogen functional groups attached to an aromatic ring is 1. The molecule has 16 heavy (non-hydrogen) atoms. The monoisotopic (exact) mass is 302 g/mol. The average Bonchev–Trinajstić information content (AvgIpc) is 2.82. The summed E-state index contributed by atoms with van der Waals surface area (Å²) in [4.78, 5) is 5.04. The first-order valence-electron chi connectivity index (χ1n) is 4.64. The first-order valence-corrected chi connectivity index (χ1v) is 6.25. The van der Waals surface area contributed by atoms with Crippen LogP contribution >= 0.6 is 27.3 Å². The number of methoxy groups -OCH3 is 1. The van der Waals surface area contributed by atoms with Gasteiger partial charge in [0.1, 0.15) is 0 Å². The van der Waals surface area contributed by atoms with Crippen molar-refractivity contribution in [3.63, 3.8) is 0 Å². The molecule has 2 aromatic heterocycles. The molecule has 0 bridgehead atoms. The molecule has 0 saturated carbocycles. The summed E-state index contributed by atoms with van der Waals surface area (Å²) in [5.41, 5.74) is 6.61. The maximum Gasteiger partial charge on any atom is 0.180 e. The highest BCUT2D eigenvalue weighted by molar-refractivity contribution is 9.10. The Kier molecular flexibility index (Phi) is 3.57. The number of rotatable bonds is 4. The molecule has 5 nitrogen and oxygen atoms in total. The zero-order chi connectivity index (χ0) is 11.5. The van der Waals surface area contributed by atoms with Crippen LogP contribution in [0.5, 0.6) is 0 Å². The summed E-state index contributed by atoms with van der Waals surface area (Å²) >= 11 is 4.91. The van der Waals surface area contributed by atoms with E-state index in [1.165, 1.54) is 11.3 Å². The Hall–Kier alpha value is -0.920. The number of aromatic nitrogens is 3. The molecular weight excluding hydrogens is 292 g/mol. The standard InChI is InChI=1S/C9H11BrN4OS/c1-15-3-2-14-8(6(10)4-13-14)7-5-12-9(11)16-7/h4-5H,2-3H2,1H3,(H2,11,12). The molecule has 0 unspecified atom stereocenters. The molecular formula is C9H11BrN4OS. The van der Waals surface area contributed by atoms with E-state index in [9.17, 15) is 0 Å². The predicted octanol–water partition coefficient (Wildman–Crippen LogP) is 2.00. The van der Waals surface area contributed by atoms with E-state index in [2.05, 4.69) is 26.0 Å². The molecule has 0 aliphatic rings. The molecule has 2 aromatic rings. The highest BCUT2D eigenvalue weighted by Crippen LogP contribution is 2.32. The van der Waals surface area contributed by atoms with E-state index >= 15 is 0 Å². The minimum Gasteiger partial charge on any atom is -0.383 e. The second kappa shape index (κ2) is 4.94. The van der Waals surface area contributed by atoms with Gasteiger partial charge in [-0.3, -0.25) is 4.68 Å². The Labute approximate surface area is 105 Å². The van der Waals surface area contributed by atoms with Crippen LogP contribution in [-0.4, -0.2) is 28.5 Å². The summed E-state index contributed by atoms with van der Waals surface area (Å²) in [5, 5.41) is 4.82. The molecule has 0 aliphatic carbocycles. The fourth-order valence-corrected chi connectivity index (χ4v) is 2.74. The van der Waals surface area contributed by atoms with Crippen LogP contribution in [0.25, 0.3) is 10.6 Å². The van der Waals surface area contributed by atoms with Crippen molar-refractivity contribution < 1.29 is 4.74 Å². The molecule has 2 rings (SSSR count). The zero-order valence-electron chi connectivity index (χ0n) is 8.68. The third kappa shape index (κ3) is 2.26. The predicted molar refractivity (Wildman–Crippen MR) is 67.3 cm³/mol. The molecule has 0 saturated heterocycles. The number of ether oxygens (including phenoxy) is 1. The van der Waals surface area contributed by atoms with Crippen LogP contribution in [0.2, 0.25) is 0 Å². The van der Waals surface area contributed by atoms with E-state index in [0.717, 1.165) is 15.0 Å². The molecule has 0 atom stereocenters. The van der Waals surface area contributed by atoms with E-state index in [-0.39, 0.29) is 0 Å². The molecule has 2 N–H and O–H groups in total. The molecule has 0 spiro atoms. The molecule has 0 amide bonds. The van der Waals surface area contributed by atoms with E-state index in [1.54, 1.807) is 19.5 Å². The van der Waals surface area contributed by atoms with Gasteiger partial charge in [0.2, 0.25) is 0 Å². The second-order valence-corrected chi connectivity index (χ2v) is 5.04. The van der Waals surface area contributed by atoms with Crippen LogP contribution in [-0.2, 0) is 11.3 Å². The fourth-order valence-electron chi connectivity index (χ4n) is 1.35. The Bertz CT molecular complexity index is 482. The van der Waals surface area contributed by atoms with Gasteiger partial charge in [0.05, 0.1) is 34.4 Å². The Balaban J connectivity index is 2.35. The SMILES string of the molecule is COCCn1ncc(Br)c1-c1cnc(N)s1. The summed E-state index contributed by atoms with van der Waals surface area (Å²) in [5.74, 6) is 0. The highest BCUT2D eigenvalue weighted by atomic mass is 79.9. The van der Waals surface area contributed by atoms with Crippen molar-refractivity contribution >= 4 is 32.4 Å². The van der Waals surface area contributed by atoms with Crippen LogP contribution in [0.3, 0.4) is 0 Å². The summed E-state index contributed by atoms with van der Waals surface area (Å²) in [7, 11) is 1.67. The van der Waals surface area contributed by atoms with E-state index in [4.69, 9.17) is 10.5 Å². The second-order valence-electron chi connectivity index (χ2n) is 3.12. The lowest BCUT2D eigenvalue weighted by molar-refractivity contribution is 0.184. The molecule has 7 heteroatoms. The van der Waals surface area contributed by atoms with Crippen molar-refractivity contribution in [2.75, 3.05) is 19.5 Å². The lowest BCUT2D eigenvalue weighted by Crippen LogP contribution is -2.06. The van der Waals surface area contributed by atoms with Gasteiger partial charge >= 0.3 is 0 Å². The fraction of sp³-hybridized carbons (Fsp3) is 0.333. The zero-order valence-corrected chi connectivity index (χ0v) is 11.1. The van der Waals surface area contributed by atoms with Gasteiger partial charge < -0.3 is 10.5 Å². The van der Waals surface area contributed by atoms with Gasteiger partial charge in [-0.05, 0) is 15.9 Å². The van der Waals surface area contributed by atoms with Crippen LogP contribution in [0, 0.1) is 0 Å². The van der Waals surface area contributed by atoms with E-state index in [1.807, 2.05) is 4.68 Å². The minimum absolute atomic E-state index is 0.557. The third-order valence-corrected chi connectivity index (χ3v) is 3.47. The van der Waals surface area contributed by atoms with E-state index < -0.39 is 0 Å². The van der Waals surface area contributed by atoms with Gasteiger partial charge in [0.15, 0.2) is 5.13 Å². The van der Waals surface area contributed by atoms with Gasteiger partial charge in [-0.1, -0.05) is 11.3 Å². The Morgan fingerprint density at radius 1 is 1.56 bits per heavy atom. The Morgan fingerprint density at radius 2 is 2.38 bits per heavy atom. The van der Waals surface area contributed by atoms with Crippen molar-refractivity contribution in [1.29, 1.82) is 0 Å². The van der Waals surface area contributed by atoms with Crippen LogP contribution < -0.4 is 5.73 Å². The summed E-state index contributed by atoms with van der Waals surface area (Å²) in [6.07, 6.45) is 3.52. The normalized spacial score (nSPS) is 10.9. The maximum atomic E-state index is 5.62. The summed E-state index contributed by atoms with van der Waals surface area (Å²) in [6.45, 7) is 1.32. The van der Waals surface area contributed by atoms with Gasteiger partial charge in [0.25, 0.3) is 0 Å². The van der Waals surface area contributed by atoms with Crippen LogP contribution in [0.15, 0.2) is 16.9 Å². The molecule has 0 fully saturated rings. The van der Waals surface area contributed by atoms with Gasteiger partial charge in [-0.25, -0.2) is 4.98 Å². The molecule has 0 aliphatic heterocycles. The Morgan fingerprint density at radius 3 is 3.00 bits per heavy atom. The van der Waals surface area contributed by atoms with Crippen molar-refractivity contribution in [2.24, 2.45) is 0 Å². The van der Waals surface area contributed by atoms with Gasteiger partial charge in [0, 0.05) is 13.3 Å².